The van der Waals surface area contributed by atoms with Gasteiger partial charge in [0.05, 0.1) is 17.3 Å². The Kier molecular flexibility index (Phi) is 4.16. The van der Waals surface area contributed by atoms with Crippen molar-refractivity contribution in [3.63, 3.8) is 0 Å². The molecular weight excluding hydrogens is 291 g/mol. The molecule has 21 heavy (non-hydrogen) atoms. The van der Waals surface area contributed by atoms with Gasteiger partial charge in [-0.3, -0.25) is 0 Å². The summed E-state index contributed by atoms with van der Waals surface area (Å²) in [5.41, 5.74) is 2.34. The van der Waals surface area contributed by atoms with Crippen molar-refractivity contribution < 1.29 is 4.39 Å². The molecule has 1 aromatic heterocycles. The first-order valence-electron chi connectivity index (χ1n) is 6.08. The Hall–Kier alpha value is -2.50. The van der Waals surface area contributed by atoms with Gasteiger partial charge < -0.3 is 0 Å². The molecule has 0 aliphatic carbocycles. The van der Waals surface area contributed by atoms with Crippen LogP contribution in [0.25, 0.3) is 0 Å². The van der Waals surface area contributed by atoms with Crippen LogP contribution in [-0.2, 0) is 0 Å². The quantitative estimate of drug-likeness (QED) is 0.852. The van der Waals surface area contributed by atoms with E-state index in [9.17, 15) is 9.65 Å². The summed E-state index contributed by atoms with van der Waals surface area (Å²) in [5, 5.41) is 26.4. The van der Waals surface area contributed by atoms with Crippen molar-refractivity contribution in [3.8, 4) is 12.1 Å². The van der Waals surface area contributed by atoms with Crippen LogP contribution in [0.15, 0.2) is 18.2 Å². The van der Waals surface area contributed by atoms with Crippen molar-refractivity contribution in [1.29, 1.82) is 10.5 Å². The summed E-state index contributed by atoms with van der Waals surface area (Å²) < 4.78 is 13.4. The number of nitrogens with zero attached hydrogens (tertiary/aromatic N) is 4. The maximum Gasteiger partial charge on any atom is 0.154 e. The minimum Gasteiger partial charge on any atom is -0.206 e. The average molecular weight is 301 g/mol. The summed E-state index contributed by atoms with van der Waals surface area (Å²) in [4.78, 5) is 0. The molecule has 0 radical (unpaired) electrons. The Morgan fingerprint density at radius 1 is 1.19 bits per heavy atom. The molecule has 0 spiro atoms. The summed E-state index contributed by atoms with van der Waals surface area (Å²) in [6, 6.07) is 7.87. The van der Waals surface area contributed by atoms with E-state index in [4.69, 9.17) is 16.9 Å². The van der Waals surface area contributed by atoms with Crippen molar-refractivity contribution in [1.82, 2.24) is 10.2 Å². The first-order valence-corrected chi connectivity index (χ1v) is 6.45. The molecule has 0 aliphatic rings. The van der Waals surface area contributed by atoms with Crippen molar-refractivity contribution in [2.24, 2.45) is 0 Å². The summed E-state index contributed by atoms with van der Waals surface area (Å²) in [6.45, 7) is 3.58. The molecule has 0 amide bonds. The van der Waals surface area contributed by atoms with Crippen LogP contribution in [0.5, 0.6) is 0 Å². The van der Waals surface area contributed by atoms with E-state index in [1.54, 1.807) is 19.9 Å². The normalized spacial score (nSPS) is 11.5. The first-order chi connectivity index (χ1) is 9.99. The minimum absolute atomic E-state index is 0.107. The molecule has 0 saturated heterocycles. The average Bonchev–Trinajstić information content (AvgIpc) is 2.49. The minimum atomic E-state index is -0.735. The van der Waals surface area contributed by atoms with E-state index in [0.29, 0.717) is 11.3 Å². The molecule has 0 saturated carbocycles. The fraction of sp³-hybridized carbons (Fsp3) is 0.200. The van der Waals surface area contributed by atoms with Gasteiger partial charge in [-0.25, -0.2) is 4.39 Å². The van der Waals surface area contributed by atoms with Crippen LogP contribution >= 0.6 is 11.6 Å². The molecule has 0 bridgehead atoms. The SMILES string of the molecule is Cc1c(Cl)nnc(C(C#N)c2ccc(F)c(C#N)c2)c1C. The molecule has 1 aromatic carbocycles. The summed E-state index contributed by atoms with van der Waals surface area (Å²) >= 11 is 5.90. The molecule has 0 N–H and O–H groups in total. The Morgan fingerprint density at radius 3 is 2.52 bits per heavy atom. The van der Waals surface area contributed by atoms with Crippen LogP contribution in [-0.4, -0.2) is 10.2 Å². The predicted octanol–water partition coefficient (Wildman–Crippen LogP) is 3.41. The van der Waals surface area contributed by atoms with E-state index >= 15 is 0 Å². The van der Waals surface area contributed by atoms with E-state index < -0.39 is 11.7 Å². The van der Waals surface area contributed by atoms with E-state index in [1.165, 1.54) is 18.2 Å². The highest BCUT2D eigenvalue weighted by Crippen LogP contribution is 2.29. The van der Waals surface area contributed by atoms with E-state index in [-0.39, 0.29) is 10.7 Å². The Morgan fingerprint density at radius 2 is 1.90 bits per heavy atom. The van der Waals surface area contributed by atoms with E-state index in [1.807, 2.05) is 0 Å². The van der Waals surface area contributed by atoms with Crippen LogP contribution in [0.3, 0.4) is 0 Å². The van der Waals surface area contributed by atoms with Gasteiger partial charge in [-0.1, -0.05) is 17.7 Å². The number of hydrogen-bond donors (Lipinski definition) is 0. The van der Waals surface area contributed by atoms with Crippen LogP contribution in [0.2, 0.25) is 5.15 Å². The van der Waals surface area contributed by atoms with E-state index in [2.05, 4.69) is 16.3 Å². The number of nitriles is 2. The van der Waals surface area contributed by atoms with Crippen LogP contribution in [0.1, 0.15) is 33.9 Å². The molecule has 0 fully saturated rings. The maximum atomic E-state index is 13.4. The summed E-state index contributed by atoms with van der Waals surface area (Å²) in [5.74, 6) is -1.35. The van der Waals surface area contributed by atoms with Crippen LogP contribution in [0.4, 0.5) is 4.39 Å². The summed E-state index contributed by atoms with van der Waals surface area (Å²) in [6.07, 6.45) is 0. The molecule has 104 valence electrons. The second kappa shape index (κ2) is 5.87. The lowest BCUT2D eigenvalue weighted by molar-refractivity contribution is 0.623. The monoisotopic (exact) mass is 300 g/mol. The number of rotatable bonds is 2. The van der Waals surface area contributed by atoms with Crippen molar-refractivity contribution in [2.75, 3.05) is 0 Å². The van der Waals surface area contributed by atoms with Gasteiger partial charge in [0.2, 0.25) is 0 Å². The number of hydrogen-bond acceptors (Lipinski definition) is 4. The van der Waals surface area contributed by atoms with Gasteiger partial charge in [-0.15, -0.1) is 5.10 Å². The van der Waals surface area contributed by atoms with Crippen LogP contribution in [0, 0.1) is 42.3 Å². The topological polar surface area (TPSA) is 73.4 Å². The van der Waals surface area contributed by atoms with Crippen LogP contribution < -0.4 is 0 Å². The highest BCUT2D eigenvalue weighted by molar-refractivity contribution is 6.30. The largest absolute Gasteiger partial charge is 0.206 e. The molecule has 6 heteroatoms. The molecule has 1 unspecified atom stereocenters. The Labute approximate surface area is 126 Å². The third kappa shape index (κ3) is 2.69. The lowest BCUT2D eigenvalue weighted by Crippen LogP contribution is -2.08. The molecule has 2 rings (SSSR count). The highest BCUT2D eigenvalue weighted by Gasteiger charge is 2.21. The third-order valence-electron chi connectivity index (χ3n) is 3.35. The van der Waals surface area contributed by atoms with Gasteiger partial charge in [-0.05, 0) is 42.7 Å². The number of halogens is 2. The molecule has 0 aliphatic heterocycles. The van der Waals surface area contributed by atoms with Gasteiger partial charge in [0, 0.05) is 0 Å². The smallest absolute Gasteiger partial charge is 0.154 e. The third-order valence-corrected chi connectivity index (χ3v) is 3.71. The second-order valence-corrected chi connectivity index (χ2v) is 4.90. The first kappa shape index (κ1) is 14.9. The zero-order valence-corrected chi connectivity index (χ0v) is 12.1. The standard InChI is InChI=1S/C15H10ClFN4/c1-8-9(2)15(16)21-20-14(8)12(7-19)10-3-4-13(17)11(5-10)6-18/h3-5,12H,1-2H3. The maximum absolute atomic E-state index is 13.4. The van der Waals surface area contributed by atoms with Gasteiger partial charge in [0.25, 0.3) is 0 Å². The van der Waals surface area contributed by atoms with Gasteiger partial charge >= 0.3 is 0 Å². The number of aromatic nitrogens is 2. The Balaban J connectivity index is 2.59. The summed E-state index contributed by atoms with van der Waals surface area (Å²) in [7, 11) is 0. The lowest BCUT2D eigenvalue weighted by atomic mass is 9.92. The molecule has 1 atom stereocenters. The lowest BCUT2D eigenvalue weighted by Gasteiger charge is -2.13. The molecular formula is C15H10ClFN4. The van der Waals surface area contributed by atoms with Gasteiger partial charge in [-0.2, -0.15) is 15.6 Å². The fourth-order valence-corrected chi connectivity index (χ4v) is 2.15. The molecule has 4 nitrogen and oxygen atoms in total. The van der Waals surface area contributed by atoms with Gasteiger partial charge in [0.15, 0.2) is 5.15 Å². The molecule has 1 heterocycles. The van der Waals surface area contributed by atoms with Crippen molar-refractivity contribution >= 4 is 11.6 Å². The van der Waals surface area contributed by atoms with Crippen molar-refractivity contribution in [3.05, 3.63) is 57.1 Å². The zero-order chi connectivity index (χ0) is 15.6. The van der Waals surface area contributed by atoms with Gasteiger partial charge in [0.1, 0.15) is 17.8 Å². The Bertz CT molecular complexity index is 789. The molecule has 2 aromatic rings. The van der Waals surface area contributed by atoms with E-state index in [0.717, 1.165) is 11.1 Å². The highest BCUT2D eigenvalue weighted by atomic mass is 35.5. The van der Waals surface area contributed by atoms with Crippen molar-refractivity contribution in [2.45, 2.75) is 19.8 Å². The fourth-order valence-electron chi connectivity index (χ4n) is 1.97. The predicted molar refractivity (Wildman–Crippen MR) is 75.1 cm³/mol. The zero-order valence-electron chi connectivity index (χ0n) is 11.4. The second-order valence-electron chi connectivity index (χ2n) is 4.54. The number of benzene rings is 1.